The van der Waals surface area contributed by atoms with Gasteiger partial charge in [0.2, 0.25) is 0 Å². The standard InChI is InChI=1S/C17H18ClN3OS/c18-13-3-4-16-14(10-13)15(6-9-23-16)21-17(22)20-8-5-12-2-1-7-19-11-12/h1-4,7,10-11,15H,5-6,8-9H2,(H2,20,21,22)/t15-/m1/s1. The number of thioether (sulfide) groups is 1. The molecule has 3 rings (SSSR count). The van der Waals surface area contributed by atoms with Gasteiger partial charge in [-0.05, 0) is 48.2 Å². The van der Waals surface area contributed by atoms with Gasteiger partial charge in [-0.2, -0.15) is 0 Å². The maximum absolute atomic E-state index is 12.1. The van der Waals surface area contributed by atoms with Crippen molar-refractivity contribution in [2.24, 2.45) is 0 Å². The van der Waals surface area contributed by atoms with Crippen LogP contribution in [0.4, 0.5) is 4.79 Å². The second-order valence-electron chi connectivity index (χ2n) is 5.38. The van der Waals surface area contributed by atoms with Crippen LogP contribution in [-0.2, 0) is 6.42 Å². The minimum Gasteiger partial charge on any atom is -0.338 e. The van der Waals surface area contributed by atoms with Crippen LogP contribution < -0.4 is 10.6 Å². The van der Waals surface area contributed by atoms with Crippen molar-refractivity contribution in [1.29, 1.82) is 0 Å². The predicted octanol–water partition coefficient (Wildman–Crippen LogP) is 3.81. The SMILES string of the molecule is O=C(NCCc1cccnc1)N[C@@H]1CCSc2ccc(Cl)cc21. The number of hydrogen-bond donors (Lipinski definition) is 2. The van der Waals surface area contributed by atoms with Gasteiger partial charge in [-0.3, -0.25) is 4.98 Å². The van der Waals surface area contributed by atoms with Crippen LogP contribution in [0.15, 0.2) is 47.6 Å². The summed E-state index contributed by atoms with van der Waals surface area (Å²) in [6.07, 6.45) is 5.24. The smallest absolute Gasteiger partial charge is 0.315 e. The average molecular weight is 348 g/mol. The first-order valence-corrected chi connectivity index (χ1v) is 8.94. The summed E-state index contributed by atoms with van der Waals surface area (Å²) in [6, 6.07) is 9.64. The van der Waals surface area contributed by atoms with E-state index in [0.717, 1.165) is 29.7 Å². The molecule has 0 fully saturated rings. The Morgan fingerprint density at radius 3 is 3.13 bits per heavy atom. The Balaban J connectivity index is 1.54. The van der Waals surface area contributed by atoms with Crippen LogP contribution in [0.2, 0.25) is 5.02 Å². The Labute approximate surface area is 145 Å². The lowest BCUT2D eigenvalue weighted by molar-refractivity contribution is 0.236. The molecule has 0 radical (unpaired) electrons. The van der Waals surface area contributed by atoms with E-state index in [1.807, 2.05) is 36.5 Å². The van der Waals surface area contributed by atoms with E-state index in [2.05, 4.69) is 15.6 Å². The summed E-state index contributed by atoms with van der Waals surface area (Å²) in [5, 5.41) is 6.66. The molecular formula is C17H18ClN3OS. The predicted molar refractivity (Wildman–Crippen MR) is 94.0 cm³/mol. The molecule has 2 amide bonds. The van der Waals surface area contributed by atoms with E-state index >= 15 is 0 Å². The largest absolute Gasteiger partial charge is 0.338 e. The first-order valence-electron chi connectivity index (χ1n) is 7.58. The van der Waals surface area contributed by atoms with Crippen LogP contribution in [0.5, 0.6) is 0 Å². The summed E-state index contributed by atoms with van der Waals surface area (Å²) < 4.78 is 0. The highest BCUT2D eigenvalue weighted by Crippen LogP contribution is 2.37. The second-order valence-corrected chi connectivity index (χ2v) is 6.96. The van der Waals surface area contributed by atoms with Gasteiger partial charge in [0.15, 0.2) is 0 Å². The molecule has 0 unspecified atom stereocenters. The number of nitrogens with zero attached hydrogens (tertiary/aromatic N) is 1. The number of urea groups is 1. The lowest BCUT2D eigenvalue weighted by Gasteiger charge is -2.26. The summed E-state index contributed by atoms with van der Waals surface area (Å²) in [4.78, 5) is 17.4. The van der Waals surface area contributed by atoms with Crippen molar-refractivity contribution in [3.63, 3.8) is 0 Å². The molecule has 6 heteroatoms. The van der Waals surface area contributed by atoms with Crippen molar-refractivity contribution >= 4 is 29.4 Å². The zero-order valence-electron chi connectivity index (χ0n) is 12.6. The molecule has 2 aromatic rings. The zero-order chi connectivity index (χ0) is 16.1. The Kier molecular flexibility index (Phi) is 5.41. The van der Waals surface area contributed by atoms with Crippen molar-refractivity contribution in [3.8, 4) is 0 Å². The fourth-order valence-corrected chi connectivity index (χ4v) is 3.88. The highest BCUT2D eigenvalue weighted by Gasteiger charge is 2.22. The van der Waals surface area contributed by atoms with Crippen molar-refractivity contribution in [2.75, 3.05) is 12.3 Å². The normalized spacial score (nSPS) is 16.5. The monoisotopic (exact) mass is 347 g/mol. The molecule has 1 aliphatic rings. The Morgan fingerprint density at radius 2 is 2.30 bits per heavy atom. The number of nitrogens with one attached hydrogen (secondary N) is 2. The number of aromatic nitrogens is 1. The number of rotatable bonds is 4. The summed E-state index contributed by atoms with van der Waals surface area (Å²) in [6.45, 7) is 0.585. The maximum Gasteiger partial charge on any atom is 0.315 e. The fourth-order valence-electron chi connectivity index (χ4n) is 2.59. The highest BCUT2D eigenvalue weighted by molar-refractivity contribution is 7.99. The third kappa shape index (κ3) is 4.39. The zero-order valence-corrected chi connectivity index (χ0v) is 14.2. The molecule has 1 aliphatic heterocycles. The molecule has 120 valence electrons. The van der Waals surface area contributed by atoms with Crippen LogP contribution in [0.1, 0.15) is 23.6 Å². The van der Waals surface area contributed by atoms with Gasteiger partial charge in [0.25, 0.3) is 0 Å². The van der Waals surface area contributed by atoms with Crippen LogP contribution in [0, 0.1) is 0 Å². The van der Waals surface area contributed by atoms with E-state index in [4.69, 9.17) is 11.6 Å². The van der Waals surface area contributed by atoms with E-state index in [0.29, 0.717) is 11.6 Å². The quantitative estimate of drug-likeness (QED) is 0.884. The summed E-state index contributed by atoms with van der Waals surface area (Å²) in [5.74, 6) is 0.995. The number of halogens is 1. The number of carbonyl (C=O) groups excluding carboxylic acids is 1. The molecule has 0 spiro atoms. The van der Waals surface area contributed by atoms with Gasteiger partial charge in [-0.1, -0.05) is 17.7 Å². The Morgan fingerprint density at radius 1 is 1.39 bits per heavy atom. The van der Waals surface area contributed by atoms with Crippen molar-refractivity contribution in [2.45, 2.75) is 23.8 Å². The van der Waals surface area contributed by atoms with E-state index < -0.39 is 0 Å². The fraction of sp³-hybridized carbons (Fsp3) is 0.294. The second kappa shape index (κ2) is 7.70. The summed E-state index contributed by atoms with van der Waals surface area (Å²) >= 11 is 7.89. The number of fused-ring (bicyclic) bond motifs is 1. The van der Waals surface area contributed by atoms with E-state index in [9.17, 15) is 4.79 Å². The molecule has 0 bridgehead atoms. The molecule has 2 N–H and O–H groups in total. The third-order valence-electron chi connectivity index (χ3n) is 3.74. The van der Waals surface area contributed by atoms with Gasteiger partial charge in [-0.15, -0.1) is 11.8 Å². The van der Waals surface area contributed by atoms with E-state index in [1.165, 1.54) is 4.90 Å². The van der Waals surface area contributed by atoms with Crippen LogP contribution in [0.25, 0.3) is 0 Å². The van der Waals surface area contributed by atoms with E-state index in [-0.39, 0.29) is 12.1 Å². The molecule has 4 nitrogen and oxygen atoms in total. The lowest BCUT2D eigenvalue weighted by Crippen LogP contribution is -2.39. The van der Waals surface area contributed by atoms with Crippen molar-refractivity contribution in [3.05, 3.63) is 58.9 Å². The van der Waals surface area contributed by atoms with Crippen molar-refractivity contribution in [1.82, 2.24) is 15.6 Å². The van der Waals surface area contributed by atoms with Gasteiger partial charge >= 0.3 is 6.03 Å². The molecule has 23 heavy (non-hydrogen) atoms. The third-order valence-corrected chi connectivity index (χ3v) is 5.10. The first kappa shape index (κ1) is 16.1. The van der Waals surface area contributed by atoms with Gasteiger partial charge in [0.1, 0.15) is 0 Å². The number of benzene rings is 1. The molecule has 0 aliphatic carbocycles. The average Bonchev–Trinajstić information content (AvgIpc) is 2.56. The van der Waals surface area contributed by atoms with Crippen LogP contribution in [0.3, 0.4) is 0 Å². The molecular weight excluding hydrogens is 330 g/mol. The number of amides is 2. The summed E-state index contributed by atoms with van der Waals surface area (Å²) in [7, 11) is 0. The molecule has 1 aromatic heterocycles. The molecule has 2 heterocycles. The topological polar surface area (TPSA) is 54.0 Å². The van der Waals surface area contributed by atoms with Crippen LogP contribution in [-0.4, -0.2) is 23.3 Å². The summed E-state index contributed by atoms with van der Waals surface area (Å²) in [5.41, 5.74) is 2.22. The first-order chi connectivity index (χ1) is 11.2. The van der Waals surface area contributed by atoms with Gasteiger partial charge < -0.3 is 10.6 Å². The van der Waals surface area contributed by atoms with E-state index in [1.54, 1.807) is 18.0 Å². The maximum atomic E-state index is 12.1. The number of carbonyl (C=O) groups is 1. The number of pyridine rings is 1. The van der Waals surface area contributed by atoms with Gasteiger partial charge in [0.05, 0.1) is 6.04 Å². The van der Waals surface area contributed by atoms with Gasteiger partial charge in [0, 0.05) is 34.6 Å². The Bertz CT molecular complexity index is 681. The molecule has 0 saturated carbocycles. The molecule has 1 atom stereocenters. The lowest BCUT2D eigenvalue weighted by atomic mass is 10.0. The van der Waals surface area contributed by atoms with Crippen LogP contribution >= 0.6 is 23.4 Å². The van der Waals surface area contributed by atoms with Gasteiger partial charge in [-0.25, -0.2) is 4.79 Å². The highest BCUT2D eigenvalue weighted by atomic mass is 35.5. The molecule has 1 aromatic carbocycles. The minimum absolute atomic E-state index is 0.0170. The molecule has 0 saturated heterocycles. The number of hydrogen-bond acceptors (Lipinski definition) is 3. The minimum atomic E-state index is -0.142. The Hall–Kier alpha value is -1.72. The van der Waals surface area contributed by atoms with Crippen molar-refractivity contribution < 1.29 is 4.79 Å².